The zero-order valence-corrected chi connectivity index (χ0v) is 13.3. The van der Waals surface area contributed by atoms with Gasteiger partial charge < -0.3 is 0 Å². The average molecular weight is 397 g/mol. The molecule has 0 atom stereocenters. The Bertz CT molecular complexity index is 707. The first-order valence-corrected chi connectivity index (χ1v) is 7.31. The lowest BCUT2D eigenvalue weighted by Gasteiger charge is -2.05. The van der Waals surface area contributed by atoms with E-state index in [-0.39, 0.29) is 21.3 Å². The number of non-ortho nitro benzene ring substituents is 1. The van der Waals surface area contributed by atoms with Gasteiger partial charge in [0.05, 0.1) is 30.5 Å². The second-order valence-electron chi connectivity index (χ2n) is 3.47. The van der Waals surface area contributed by atoms with E-state index in [9.17, 15) is 14.9 Å². The number of halogens is 3. The summed E-state index contributed by atoms with van der Waals surface area (Å²) in [4.78, 5) is 26.1. The minimum atomic E-state index is -0.654. The van der Waals surface area contributed by atoms with Crippen LogP contribution in [0, 0.1) is 10.1 Å². The van der Waals surface area contributed by atoms with E-state index in [1.165, 1.54) is 17.5 Å². The standard InChI is InChI=1S/C10H4BrCl2N3O3S/c11-7-3-14-10(20-7)15-9(17)5-1-4(16(18)19)2-6(12)8(5)13/h1-3H,(H,14,15,17). The Kier molecular flexibility index (Phi) is 4.59. The van der Waals surface area contributed by atoms with Crippen LogP contribution in [0.5, 0.6) is 0 Å². The molecular formula is C10H4BrCl2N3O3S. The second kappa shape index (κ2) is 6.04. The summed E-state index contributed by atoms with van der Waals surface area (Å²) >= 11 is 16.1. The molecule has 1 amide bonds. The Morgan fingerprint density at radius 3 is 2.70 bits per heavy atom. The summed E-state index contributed by atoms with van der Waals surface area (Å²) in [6, 6.07) is 2.15. The van der Waals surface area contributed by atoms with E-state index >= 15 is 0 Å². The first-order valence-electron chi connectivity index (χ1n) is 4.94. The number of nitro groups is 1. The van der Waals surface area contributed by atoms with E-state index < -0.39 is 10.8 Å². The lowest BCUT2D eigenvalue weighted by Crippen LogP contribution is -2.12. The van der Waals surface area contributed by atoms with Gasteiger partial charge in [0.15, 0.2) is 5.13 Å². The van der Waals surface area contributed by atoms with Crippen molar-refractivity contribution in [1.29, 1.82) is 0 Å². The number of hydrogen-bond acceptors (Lipinski definition) is 5. The molecule has 2 aromatic rings. The summed E-state index contributed by atoms with van der Waals surface area (Å²) in [6.07, 6.45) is 1.52. The molecule has 1 N–H and O–H groups in total. The molecule has 10 heteroatoms. The maximum absolute atomic E-state index is 12.0. The molecular weight excluding hydrogens is 393 g/mol. The summed E-state index contributed by atoms with van der Waals surface area (Å²) in [5.74, 6) is -0.623. The SMILES string of the molecule is O=C(Nc1ncc(Br)s1)c1cc([N+](=O)[O-])cc(Cl)c1Cl. The molecule has 0 aliphatic carbocycles. The highest BCUT2D eigenvalue weighted by molar-refractivity contribution is 9.11. The Labute approximate surface area is 135 Å². The predicted octanol–water partition coefficient (Wildman–Crippen LogP) is 4.37. The highest BCUT2D eigenvalue weighted by Crippen LogP contribution is 2.32. The van der Waals surface area contributed by atoms with Crippen LogP contribution in [-0.2, 0) is 0 Å². The summed E-state index contributed by atoms with van der Waals surface area (Å²) in [7, 11) is 0. The van der Waals surface area contributed by atoms with Crippen LogP contribution in [0.3, 0.4) is 0 Å². The zero-order chi connectivity index (χ0) is 14.9. The van der Waals surface area contributed by atoms with E-state index in [4.69, 9.17) is 23.2 Å². The predicted molar refractivity (Wildman–Crippen MR) is 80.9 cm³/mol. The van der Waals surface area contributed by atoms with Crippen molar-refractivity contribution in [2.45, 2.75) is 0 Å². The number of carbonyl (C=O) groups excluding carboxylic acids is 1. The average Bonchev–Trinajstić information content (AvgIpc) is 2.77. The fourth-order valence-electron chi connectivity index (χ4n) is 1.32. The van der Waals surface area contributed by atoms with E-state index in [0.717, 1.165) is 15.9 Å². The van der Waals surface area contributed by atoms with Crippen LogP contribution in [0.1, 0.15) is 10.4 Å². The van der Waals surface area contributed by atoms with Crippen molar-refractivity contribution in [2.24, 2.45) is 0 Å². The number of rotatable bonds is 3. The maximum atomic E-state index is 12.0. The third-order valence-electron chi connectivity index (χ3n) is 2.17. The van der Waals surface area contributed by atoms with Crippen molar-refractivity contribution < 1.29 is 9.72 Å². The highest BCUT2D eigenvalue weighted by Gasteiger charge is 2.20. The molecule has 0 fully saturated rings. The molecule has 0 spiro atoms. The fraction of sp³-hybridized carbons (Fsp3) is 0. The maximum Gasteiger partial charge on any atom is 0.271 e. The molecule has 0 aliphatic heterocycles. The second-order valence-corrected chi connectivity index (χ2v) is 6.66. The molecule has 20 heavy (non-hydrogen) atoms. The highest BCUT2D eigenvalue weighted by atomic mass is 79.9. The van der Waals surface area contributed by atoms with Crippen LogP contribution >= 0.6 is 50.5 Å². The molecule has 0 saturated heterocycles. The first-order chi connectivity index (χ1) is 9.38. The van der Waals surface area contributed by atoms with Crippen LogP contribution in [0.2, 0.25) is 10.0 Å². The van der Waals surface area contributed by atoms with Gasteiger partial charge in [0, 0.05) is 12.1 Å². The summed E-state index contributed by atoms with van der Waals surface area (Å²) in [6.45, 7) is 0. The van der Waals surface area contributed by atoms with Gasteiger partial charge in [0.1, 0.15) is 0 Å². The van der Waals surface area contributed by atoms with Gasteiger partial charge in [-0.05, 0) is 15.9 Å². The van der Waals surface area contributed by atoms with Gasteiger partial charge in [-0.3, -0.25) is 20.2 Å². The van der Waals surface area contributed by atoms with Gasteiger partial charge in [0.2, 0.25) is 0 Å². The van der Waals surface area contributed by atoms with Gasteiger partial charge in [0.25, 0.3) is 11.6 Å². The van der Waals surface area contributed by atoms with E-state index in [2.05, 4.69) is 26.2 Å². The summed E-state index contributed by atoms with van der Waals surface area (Å²) in [5, 5.41) is 13.5. The molecule has 1 heterocycles. The number of nitro benzene ring substituents is 1. The normalized spacial score (nSPS) is 10.3. The van der Waals surface area contributed by atoms with Crippen LogP contribution in [0.25, 0.3) is 0 Å². The number of carbonyl (C=O) groups is 1. The lowest BCUT2D eigenvalue weighted by molar-refractivity contribution is -0.384. The number of anilines is 1. The number of amides is 1. The van der Waals surface area contributed by atoms with Crippen molar-refractivity contribution in [2.75, 3.05) is 5.32 Å². The smallest absolute Gasteiger partial charge is 0.271 e. The summed E-state index contributed by atoms with van der Waals surface area (Å²) in [5.41, 5.74) is -0.401. The van der Waals surface area contributed by atoms with Crippen molar-refractivity contribution in [3.05, 3.63) is 47.8 Å². The van der Waals surface area contributed by atoms with Crippen LogP contribution in [-0.4, -0.2) is 15.8 Å². The Morgan fingerprint density at radius 1 is 1.45 bits per heavy atom. The first kappa shape index (κ1) is 15.2. The number of hydrogen-bond donors (Lipinski definition) is 1. The van der Waals surface area contributed by atoms with Gasteiger partial charge >= 0.3 is 0 Å². The molecule has 0 unspecified atom stereocenters. The van der Waals surface area contributed by atoms with Crippen LogP contribution in [0.4, 0.5) is 10.8 Å². The van der Waals surface area contributed by atoms with Crippen molar-refractivity contribution in [3.63, 3.8) is 0 Å². The van der Waals surface area contributed by atoms with Crippen LogP contribution < -0.4 is 5.32 Å². The molecule has 104 valence electrons. The van der Waals surface area contributed by atoms with E-state index in [1.54, 1.807) is 0 Å². The van der Waals surface area contributed by atoms with Gasteiger partial charge in [-0.25, -0.2) is 4.98 Å². The van der Waals surface area contributed by atoms with Gasteiger partial charge in [-0.1, -0.05) is 34.5 Å². The topological polar surface area (TPSA) is 85.1 Å². The number of nitrogens with zero attached hydrogens (tertiary/aromatic N) is 2. The third kappa shape index (κ3) is 3.26. The van der Waals surface area contributed by atoms with Crippen molar-refractivity contribution in [1.82, 2.24) is 4.98 Å². The number of benzene rings is 1. The van der Waals surface area contributed by atoms with Gasteiger partial charge in [-0.2, -0.15) is 0 Å². The zero-order valence-electron chi connectivity index (χ0n) is 9.39. The van der Waals surface area contributed by atoms with Crippen LogP contribution in [0.15, 0.2) is 22.1 Å². The van der Waals surface area contributed by atoms with Gasteiger partial charge in [-0.15, -0.1) is 0 Å². The largest absolute Gasteiger partial charge is 0.298 e. The number of thiazole rings is 1. The molecule has 0 radical (unpaired) electrons. The fourth-order valence-corrected chi connectivity index (χ4v) is 2.83. The molecule has 0 saturated carbocycles. The molecule has 0 bridgehead atoms. The summed E-state index contributed by atoms with van der Waals surface area (Å²) < 4.78 is 0.732. The minimum absolute atomic E-state index is 0.0506. The number of aromatic nitrogens is 1. The molecule has 6 nitrogen and oxygen atoms in total. The van der Waals surface area contributed by atoms with Crippen molar-refractivity contribution in [3.8, 4) is 0 Å². The monoisotopic (exact) mass is 395 g/mol. The Morgan fingerprint density at radius 2 is 2.15 bits per heavy atom. The number of nitrogens with one attached hydrogen (secondary N) is 1. The lowest BCUT2D eigenvalue weighted by atomic mass is 10.2. The Balaban J connectivity index is 2.36. The molecule has 0 aliphatic rings. The molecule has 1 aromatic heterocycles. The molecule has 2 rings (SSSR count). The third-order valence-corrected chi connectivity index (χ3v) is 4.36. The Hall–Kier alpha value is -1.22. The minimum Gasteiger partial charge on any atom is -0.298 e. The quantitative estimate of drug-likeness (QED) is 0.616. The van der Waals surface area contributed by atoms with E-state index in [0.29, 0.717) is 5.13 Å². The van der Waals surface area contributed by atoms with Crippen molar-refractivity contribution >= 4 is 67.2 Å². The molecule has 1 aromatic carbocycles. The van der Waals surface area contributed by atoms with E-state index in [1.807, 2.05) is 0 Å².